The van der Waals surface area contributed by atoms with Crippen LogP contribution < -0.4 is 9.47 Å². The van der Waals surface area contributed by atoms with Crippen molar-refractivity contribution in [1.82, 2.24) is 9.21 Å². The number of amides is 1. The molecule has 1 aromatic carbocycles. The van der Waals surface area contributed by atoms with Crippen molar-refractivity contribution in [2.24, 2.45) is 0 Å². The fourth-order valence-corrected chi connectivity index (χ4v) is 5.44. The van der Waals surface area contributed by atoms with Gasteiger partial charge in [-0.1, -0.05) is 12.8 Å². The average Bonchev–Trinajstić information content (AvgIpc) is 3.10. The van der Waals surface area contributed by atoms with Crippen molar-refractivity contribution in [1.29, 1.82) is 0 Å². The third-order valence-electron chi connectivity index (χ3n) is 5.47. The molecule has 3 aliphatic rings. The number of nitrogens with zero attached hydrogens (tertiary/aromatic N) is 2. The second kappa shape index (κ2) is 7.67. The van der Waals surface area contributed by atoms with Crippen LogP contribution in [-0.4, -0.2) is 62.4 Å². The molecule has 148 valence electrons. The van der Waals surface area contributed by atoms with Crippen molar-refractivity contribution < 1.29 is 22.7 Å². The number of ether oxygens (including phenoxy) is 2. The highest BCUT2D eigenvalue weighted by atomic mass is 32.2. The van der Waals surface area contributed by atoms with E-state index in [0.29, 0.717) is 24.6 Å². The van der Waals surface area contributed by atoms with Crippen LogP contribution in [0.15, 0.2) is 23.1 Å². The average molecular weight is 394 g/mol. The van der Waals surface area contributed by atoms with Crippen LogP contribution in [0.5, 0.6) is 11.5 Å². The van der Waals surface area contributed by atoms with Gasteiger partial charge in [0.05, 0.1) is 4.90 Å². The third kappa shape index (κ3) is 3.78. The quantitative estimate of drug-likeness (QED) is 0.784. The summed E-state index contributed by atoms with van der Waals surface area (Å²) in [5.41, 5.74) is 0. The van der Waals surface area contributed by atoms with E-state index in [9.17, 15) is 13.2 Å². The molecule has 8 heteroatoms. The number of likely N-dealkylation sites (tertiary alicyclic amines) is 1. The van der Waals surface area contributed by atoms with Gasteiger partial charge in [-0.2, -0.15) is 4.31 Å². The van der Waals surface area contributed by atoms with Crippen LogP contribution in [0.2, 0.25) is 0 Å². The van der Waals surface area contributed by atoms with E-state index in [0.717, 1.165) is 51.6 Å². The number of benzene rings is 1. The molecule has 0 N–H and O–H groups in total. The summed E-state index contributed by atoms with van der Waals surface area (Å²) >= 11 is 0. The van der Waals surface area contributed by atoms with Gasteiger partial charge in [0.15, 0.2) is 11.5 Å². The summed E-state index contributed by atoms with van der Waals surface area (Å²) in [5.74, 6) is 0.765. The van der Waals surface area contributed by atoms with E-state index in [-0.39, 0.29) is 17.4 Å². The lowest BCUT2D eigenvalue weighted by Crippen LogP contribution is -2.46. The zero-order valence-corrected chi connectivity index (χ0v) is 16.2. The molecule has 1 aromatic rings. The molecule has 3 heterocycles. The van der Waals surface area contributed by atoms with Gasteiger partial charge < -0.3 is 14.4 Å². The molecule has 0 aliphatic carbocycles. The highest BCUT2D eigenvalue weighted by Gasteiger charge is 2.33. The summed E-state index contributed by atoms with van der Waals surface area (Å²) in [4.78, 5) is 14.8. The zero-order chi connectivity index (χ0) is 18.9. The number of hydrogen-bond acceptors (Lipinski definition) is 5. The van der Waals surface area contributed by atoms with Crippen LogP contribution in [0, 0.1) is 0 Å². The number of carbonyl (C=O) groups is 1. The smallest absolute Gasteiger partial charge is 0.267 e. The Morgan fingerprint density at radius 3 is 2.30 bits per heavy atom. The van der Waals surface area contributed by atoms with E-state index in [4.69, 9.17) is 9.47 Å². The Hall–Kier alpha value is -1.80. The maximum atomic E-state index is 12.7. The predicted octanol–water partition coefficient (Wildman–Crippen LogP) is 2.01. The van der Waals surface area contributed by atoms with Gasteiger partial charge in [0, 0.05) is 32.2 Å². The second-order valence-electron chi connectivity index (χ2n) is 7.38. The first kappa shape index (κ1) is 18.6. The summed E-state index contributed by atoms with van der Waals surface area (Å²) in [6, 6.07) is 4.64. The van der Waals surface area contributed by atoms with Gasteiger partial charge in [0.1, 0.15) is 6.61 Å². The van der Waals surface area contributed by atoms with Gasteiger partial charge in [-0.3, -0.25) is 4.79 Å². The van der Waals surface area contributed by atoms with E-state index in [1.165, 1.54) is 16.4 Å². The summed E-state index contributed by atoms with van der Waals surface area (Å²) in [7, 11) is -3.50. The first-order valence-electron chi connectivity index (χ1n) is 9.78. The van der Waals surface area contributed by atoms with Crippen molar-refractivity contribution >= 4 is 15.9 Å². The minimum atomic E-state index is -3.50. The standard InChI is InChI=1S/C19H26N2O5S/c22-19(20-9-3-1-2-4-10-20)18-14-25-17-13-15(7-8-16(17)26-18)27(23,24)21-11-5-6-12-21/h7-8,13,18H,1-6,9-12,14H2/t18-/m0/s1. The highest BCUT2D eigenvalue weighted by Crippen LogP contribution is 2.35. The van der Waals surface area contributed by atoms with E-state index < -0.39 is 16.1 Å². The topological polar surface area (TPSA) is 76.2 Å². The lowest BCUT2D eigenvalue weighted by Gasteiger charge is -2.30. The van der Waals surface area contributed by atoms with Gasteiger partial charge in [-0.05, 0) is 37.8 Å². The van der Waals surface area contributed by atoms with Gasteiger partial charge in [0.2, 0.25) is 16.1 Å². The number of fused-ring (bicyclic) bond motifs is 1. The first-order chi connectivity index (χ1) is 13.1. The molecule has 3 aliphatic heterocycles. The summed E-state index contributed by atoms with van der Waals surface area (Å²) < 4.78 is 38.5. The van der Waals surface area contributed by atoms with Gasteiger partial charge in [-0.15, -0.1) is 0 Å². The number of carbonyl (C=O) groups excluding carboxylic acids is 1. The lowest BCUT2D eigenvalue weighted by molar-refractivity contribution is -0.141. The Morgan fingerprint density at radius 1 is 0.926 bits per heavy atom. The Morgan fingerprint density at radius 2 is 1.59 bits per heavy atom. The van der Waals surface area contributed by atoms with Crippen LogP contribution in [0.25, 0.3) is 0 Å². The molecule has 7 nitrogen and oxygen atoms in total. The number of sulfonamides is 1. The minimum absolute atomic E-state index is 0.0451. The largest absolute Gasteiger partial charge is 0.485 e. The molecule has 0 unspecified atom stereocenters. The van der Waals surface area contributed by atoms with Crippen LogP contribution in [-0.2, 0) is 14.8 Å². The monoisotopic (exact) mass is 394 g/mol. The van der Waals surface area contributed by atoms with Crippen molar-refractivity contribution in [3.63, 3.8) is 0 Å². The van der Waals surface area contributed by atoms with Gasteiger partial charge >= 0.3 is 0 Å². The molecule has 0 saturated carbocycles. The fraction of sp³-hybridized carbons (Fsp3) is 0.632. The first-order valence-corrected chi connectivity index (χ1v) is 11.2. The van der Waals surface area contributed by atoms with Gasteiger partial charge in [0.25, 0.3) is 5.91 Å². The molecular weight excluding hydrogens is 368 g/mol. The highest BCUT2D eigenvalue weighted by molar-refractivity contribution is 7.89. The van der Waals surface area contributed by atoms with Gasteiger partial charge in [-0.25, -0.2) is 8.42 Å². The van der Waals surface area contributed by atoms with Crippen LogP contribution in [0.1, 0.15) is 38.5 Å². The van der Waals surface area contributed by atoms with Crippen LogP contribution in [0.4, 0.5) is 0 Å². The second-order valence-corrected chi connectivity index (χ2v) is 9.31. The lowest BCUT2D eigenvalue weighted by atomic mass is 10.2. The normalized spacial score (nSPS) is 23.9. The number of rotatable bonds is 3. The molecule has 1 atom stereocenters. The fourth-order valence-electron chi connectivity index (χ4n) is 3.91. The molecule has 1 amide bonds. The predicted molar refractivity (Wildman–Crippen MR) is 99.4 cm³/mol. The molecule has 2 saturated heterocycles. The molecule has 0 bridgehead atoms. The van der Waals surface area contributed by atoms with E-state index in [2.05, 4.69) is 0 Å². The van der Waals surface area contributed by atoms with Crippen molar-refractivity contribution in [3.05, 3.63) is 18.2 Å². The van der Waals surface area contributed by atoms with E-state index in [1.54, 1.807) is 6.07 Å². The molecule has 0 radical (unpaired) electrons. The van der Waals surface area contributed by atoms with Crippen molar-refractivity contribution in [2.45, 2.75) is 49.5 Å². The summed E-state index contributed by atoms with van der Waals surface area (Å²) in [6.07, 6.45) is 5.47. The summed E-state index contributed by atoms with van der Waals surface area (Å²) in [6.45, 7) is 2.75. The van der Waals surface area contributed by atoms with E-state index in [1.807, 2.05) is 4.90 Å². The molecule has 27 heavy (non-hydrogen) atoms. The molecular formula is C19H26N2O5S. The zero-order valence-electron chi connectivity index (χ0n) is 15.4. The Balaban J connectivity index is 1.48. The SMILES string of the molecule is O=C([C@@H]1COc2cc(S(=O)(=O)N3CCCC3)ccc2O1)N1CCCCCC1. The van der Waals surface area contributed by atoms with E-state index >= 15 is 0 Å². The van der Waals surface area contributed by atoms with Crippen molar-refractivity contribution in [2.75, 3.05) is 32.8 Å². The maximum absolute atomic E-state index is 12.7. The van der Waals surface area contributed by atoms with Crippen LogP contribution in [0.3, 0.4) is 0 Å². The Bertz CT molecular complexity index is 796. The molecule has 2 fully saturated rings. The Kier molecular flexibility index (Phi) is 5.27. The summed E-state index contributed by atoms with van der Waals surface area (Å²) in [5, 5.41) is 0. The maximum Gasteiger partial charge on any atom is 0.267 e. The molecule has 4 rings (SSSR count). The number of hydrogen-bond donors (Lipinski definition) is 0. The van der Waals surface area contributed by atoms with Crippen LogP contribution >= 0.6 is 0 Å². The molecule has 0 spiro atoms. The minimum Gasteiger partial charge on any atom is -0.485 e. The van der Waals surface area contributed by atoms with Crippen molar-refractivity contribution in [3.8, 4) is 11.5 Å². The Labute approximate surface area is 160 Å². The third-order valence-corrected chi connectivity index (χ3v) is 7.37. The molecule has 0 aromatic heterocycles.